The maximum Gasteiger partial charge on any atom is 0.416 e. The smallest absolute Gasteiger partial charge is 0.348 e. The lowest BCUT2D eigenvalue weighted by Crippen LogP contribution is -2.14. The number of H-pyrrole nitrogens is 2. The molecule has 0 aliphatic rings. The number of halogens is 3. The molecule has 0 atom stereocenters. The van der Waals surface area contributed by atoms with Crippen LogP contribution < -0.4 is 5.32 Å². The van der Waals surface area contributed by atoms with Gasteiger partial charge in [0.2, 0.25) is 5.95 Å². The van der Waals surface area contributed by atoms with Gasteiger partial charge in [0.1, 0.15) is 17.0 Å². The molecular formula is C23H15F3N6O2. The zero-order valence-corrected chi connectivity index (χ0v) is 17.3. The molecule has 5 rings (SSSR count). The maximum absolute atomic E-state index is 13.5. The Hall–Kier alpha value is -4.54. The molecule has 0 unspecified atom stereocenters. The van der Waals surface area contributed by atoms with Crippen LogP contribution in [0.2, 0.25) is 0 Å². The van der Waals surface area contributed by atoms with Crippen molar-refractivity contribution in [1.82, 2.24) is 24.9 Å². The van der Waals surface area contributed by atoms with E-state index >= 15 is 0 Å². The van der Waals surface area contributed by atoms with Crippen LogP contribution in [-0.2, 0) is 12.6 Å². The molecule has 0 aliphatic heterocycles. The number of fused-ring (bicyclic) bond motifs is 2. The predicted molar refractivity (Wildman–Crippen MR) is 117 cm³/mol. The van der Waals surface area contributed by atoms with Gasteiger partial charge in [0.25, 0.3) is 5.91 Å². The second-order valence-electron chi connectivity index (χ2n) is 7.51. The number of ketones is 1. The number of carbonyl (C=O) groups is 2. The van der Waals surface area contributed by atoms with E-state index in [2.05, 4.69) is 30.2 Å². The van der Waals surface area contributed by atoms with E-state index in [0.717, 1.165) is 22.9 Å². The maximum atomic E-state index is 13.5. The van der Waals surface area contributed by atoms with Crippen molar-refractivity contribution in [3.05, 3.63) is 83.7 Å². The minimum absolute atomic E-state index is 0.00586. The van der Waals surface area contributed by atoms with E-state index in [1.807, 2.05) is 24.3 Å². The van der Waals surface area contributed by atoms with Crippen molar-refractivity contribution < 1.29 is 22.8 Å². The number of amides is 1. The van der Waals surface area contributed by atoms with E-state index < -0.39 is 23.4 Å². The van der Waals surface area contributed by atoms with Crippen molar-refractivity contribution in [1.29, 1.82) is 0 Å². The van der Waals surface area contributed by atoms with Crippen molar-refractivity contribution >= 4 is 39.4 Å². The molecule has 3 heterocycles. The summed E-state index contributed by atoms with van der Waals surface area (Å²) in [5.74, 6) is -1.01. The number of nitrogens with one attached hydrogen (secondary N) is 3. The number of hydrogen-bond acceptors (Lipinski definition) is 5. The van der Waals surface area contributed by atoms with Gasteiger partial charge in [-0.2, -0.15) is 13.2 Å². The quantitative estimate of drug-likeness (QED) is 0.331. The van der Waals surface area contributed by atoms with E-state index in [9.17, 15) is 22.8 Å². The summed E-state index contributed by atoms with van der Waals surface area (Å²) in [5, 5.41) is 4.15. The molecule has 170 valence electrons. The number of hydrogen-bond donors (Lipinski definition) is 3. The fraction of sp³-hybridized carbons (Fsp3) is 0.0870. The minimum Gasteiger partial charge on any atom is -0.348 e. The third-order valence-corrected chi connectivity index (χ3v) is 5.19. The average Bonchev–Trinajstić information content (AvgIpc) is 3.46. The monoisotopic (exact) mass is 464 g/mol. The molecular weight excluding hydrogens is 449 g/mol. The first-order chi connectivity index (χ1) is 16.3. The van der Waals surface area contributed by atoms with Gasteiger partial charge in [0, 0.05) is 29.5 Å². The number of nitrogens with zero attached hydrogens (tertiary/aromatic N) is 3. The third kappa shape index (κ3) is 4.10. The second kappa shape index (κ2) is 8.10. The number of alkyl halides is 3. The lowest BCUT2D eigenvalue weighted by molar-refractivity contribution is -0.137. The Morgan fingerprint density at radius 3 is 2.56 bits per heavy atom. The molecule has 5 aromatic rings. The number of aromatic nitrogens is 5. The SMILES string of the molecule is O=C(Nc1nc2c(C(=O)Cc3ncc[nH]3)cc(C(F)(F)F)cc2[nH]1)c1cc2ccccc2cn1. The summed E-state index contributed by atoms with van der Waals surface area (Å²) in [6.45, 7) is 0. The van der Waals surface area contributed by atoms with Crippen LogP contribution in [0.3, 0.4) is 0 Å². The fourth-order valence-corrected chi connectivity index (χ4v) is 3.57. The van der Waals surface area contributed by atoms with Gasteiger partial charge in [0.05, 0.1) is 17.5 Å². The Kier molecular flexibility index (Phi) is 5.08. The van der Waals surface area contributed by atoms with E-state index in [1.165, 1.54) is 12.4 Å². The molecule has 3 aromatic heterocycles. The molecule has 0 spiro atoms. The highest BCUT2D eigenvalue weighted by Gasteiger charge is 2.33. The van der Waals surface area contributed by atoms with Crippen molar-refractivity contribution in [2.45, 2.75) is 12.6 Å². The molecule has 11 heteroatoms. The molecule has 0 aliphatic carbocycles. The standard InChI is InChI=1S/C23H15F3N6O2/c24-23(25,26)14-8-15(18(33)10-19-27-5-6-28-19)20-16(9-14)30-22(31-20)32-21(34)17-7-12-3-1-2-4-13(12)11-29-17/h1-9,11H,10H2,(H,27,28)(H2,30,31,32,34). The first-order valence-electron chi connectivity index (χ1n) is 10.1. The molecule has 2 aromatic carbocycles. The summed E-state index contributed by atoms with van der Waals surface area (Å²) < 4.78 is 40.4. The van der Waals surface area contributed by atoms with Crippen LogP contribution in [0.5, 0.6) is 0 Å². The number of pyridine rings is 1. The van der Waals surface area contributed by atoms with E-state index in [1.54, 1.807) is 12.3 Å². The zero-order valence-electron chi connectivity index (χ0n) is 17.3. The molecule has 0 radical (unpaired) electrons. The molecule has 0 saturated carbocycles. The highest BCUT2D eigenvalue weighted by molar-refractivity contribution is 6.09. The van der Waals surface area contributed by atoms with Gasteiger partial charge in [-0.25, -0.2) is 9.97 Å². The summed E-state index contributed by atoms with van der Waals surface area (Å²) in [4.78, 5) is 43.1. The van der Waals surface area contributed by atoms with Crippen LogP contribution in [0, 0.1) is 0 Å². The number of aromatic amines is 2. The predicted octanol–water partition coefficient (Wildman–Crippen LogP) is 4.53. The van der Waals surface area contributed by atoms with Gasteiger partial charge in [-0.3, -0.25) is 19.9 Å². The second-order valence-corrected chi connectivity index (χ2v) is 7.51. The van der Waals surface area contributed by atoms with Gasteiger partial charge in [-0.15, -0.1) is 0 Å². The molecule has 1 amide bonds. The van der Waals surface area contributed by atoms with Crippen LogP contribution in [0.4, 0.5) is 19.1 Å². The Morgan fingerprint density at radius 1 is 1.03 bits per heavy atom. The number of imidazole rings is 2. The number of benzene rings is 2. The van der Waals surface area contributed by atoms with Crippen molar-refractivity contribution in [2.75, 3.05) is 5.32 Å². The number of anilines is 1. The highest BCUT2D eigenvalue weighted by Crippen LogP contribution is 2.33. The largest absolute Gasteiger partial charge is 0.416 e. The average molecular weight is 464 g/mol. The van der Waals surface area contributed by atoms with E-state index in [4.69, 9.17) is 0 Å². The van der Waals surface area contributed by atoms with E-state index in [-0.39, 0.29) is 34.7 Å². The lowest BCUT2D eigenvalue weighted by atomic mass is 10.0. The molecule has 0 bridgehead atoms. The number of rotatable bonds is 5. The summed E-state index contributed by atoms with van der Waals surface area (Å²) in [7, 11) is 0. The summed E-state index contributed by atoms with van der Waals surface area (Å²) >= 11 is 0. The molecule has 3 N–H and O–H groups in total. The Labute approximate surface area is 189 Å². The molecule has 8 nitrogen and oxygen atoms in total. The Bertz CT molecular complexity index is 1540. The van der Waals surface area contributed by atoms with Crippen LogP contribution in [0.1, 0.15) is 32.2 Å². The fourth-order valence-electron chi connectivity index (χ4n) is 3.57. The van der Waals surface area contributed by atoms with Crippen molar-refractivity contribution in [3.8, 4) is 0 Å². The van der Waals surface area contributed by atoms with Crippen LogP contribution in [0.15, 0.2) is 61.1 Å². The summed E-state index contributed by atoms with van der Waals surface area (Å²) in [6.07, 6.45) is -0.430. The highest BCUT2D eigenvalue weighted by atomic mass is 19.4. The zero-order chi connectivity index (χ0) is 23.9. The van der Waals surface area contributed by atoms with Gasteiger partial charge in [0.15, 0.2) is 5.78 Å². The minimum atomic E-state index is -4.68. The molecule has 34 heavy (non-hydrogen) atoms. The van der Waals surface area contributed by atoms with Gasteiger partial charge in [-0.1, -0.05) is 24.3 Å². The number of Topliss-reactive ketones (excluding diaryl/α,β-unsaturated/α-hetero) is 1. The summed E-state index contributed by atoms with van der Waals surface area (Å²) in [5.41, 5.74) is -1.18. The molecule has 0 fully saturated rings. The molecule has 0 saturated heterocycles. The van der Waals surface area contributed by atoms with Crippen molar-refractivity contribution in [2.24, 2.45) is 0 Å². The van der Waals surface area contributed by atoms with E-state index in [0.29, 0.717) is 5.82 Å². The lowest BCUT2D eigenvalue weighted by Gasteiger charge is -2.09. The normalized spacial score (nSPS) is 11.7. The Morgan fingerprint density at radius 2 is 1.82 bits per heavy atom. The van der Waals surface area contributed by atoms with Crippen LogP contribution >= 0.6 is 0 Å². The van der Waals surface area contributed by atoms with Gasteiger partial charge < -0.3 is 9.97 Å². The first-order valence-corrected chi connectivity index (χ1v) is 10.1. The van der Waals surface area contributed by atoms with Crippen LogP contribution in [-0.4, -0.2) is 36.6 Å². The van der Waals surface area contributed by atoms with Crippen molar-refractivity contribution in [3.63, 3.8) is 0 Å². The topological polar surface area (TPSA) is 116 Å². The third-order valence-electron chi connectivity index (χ3n) is 5.19. The summed E-state index contributed by atoms with van der Waals surface area (Å²) in [6, 6.07) is 10.5. The first kappa shape index (κ1) is 21.3. The Balaban J connectivity index is 1.50. The van der Waals surface area contributed by atoms with Gasteiger partial charge in [-0.05, 0) is 23.6 Å². The van der Waals surface area contributed by atoms with Gasteiger partial charge >= 0.3 is 6.18 Å². The number of carbonyl (C=O) groups excluding carboxylic acids is 2. The van der Waals surface area contributed by atoms with Crippen LogP contribution in [0.25, 0.3) is 21.8 Å².